The number of thiazole rings is 1. The second-order valence-corrected chi connectivity index (χ2v) is 5.80. The van der Waals surface area contributed by atoms with Gasteiger partial charge in [-0.1, -0.05) is 18.2 Å². The van der Waals surface area contributed by atoms with Crippen molar-refractivity contribution in [2.24, 2.45) is 0 Å². The van der Waals surface area contributed by atoms with Crippen LogP contribution in [0.15, 0.2) is 42.5 Å². The highest BCUT2D eigenvalue weighted by atomic mass is 32.1. The third-order valence-corrected chi connectivity index (χ3v) is 4.11. The Bertz CT molecular complexity index is 907. The van der Waals surface area contributed by atoms with Gasteiger partial charge in [0, 0.05) is 12.1 Å². The summed E-state index contributed by atoms with van der Waals surface area (Å²) in [7, 11) is 0. The van der Waals surface area contributed by atoms with Crippen molar-refractivity contribution in [3.05, 3.63) is 63.1 Å². The molecule has 0 saturated carbocycles. The number of aromatic nitrogens is 1. The van der Waals surface area contributed by atoms with Gasteiger partial charge < -0.3 is 4.74 Å². The third kappa shape index (κ3) is 3.72. The van der Waals surface area contributed by atoms with Gasteiger partial charge in [-0.3, -0.25) is 10.1 Å². The van der Waals surface area contributed by atoms with E-state index in [2.05, 4.69) is 9.72 Å². The summed E-state index contributed by atoms with van der Waals surface area (Å²) in [6.07, 6.45) is 3.54. The fourth-order valence-electron chi connectivity index (χ4n) is 2.04. The number of ether oxygens (including phenoxy) is 1. The maximum Gasteiger partial charge on any atom is 0.387 e. The summed E-state index contributed by atoms with van der Waals surface area (Å²) in [6, 6.07) is 10.7. The van der Waals surface area contributed by atoms with Crippen LogP contribution in [0.2, 0.25) is 0 Å². The van der Waals surface area contributed by atoms with Gasteiger partial charge in [-0.2, -0.15) is 8.78 Å². The predicted octanol–water partition coefficient (Wildman–Crippen LogP) is 4.98. The molecule has 5 nitrogen and oxygen atoms in total. The standard InChI is InChI=1S/C16H10F2N2O3S/c17-16(18)23-12-5-1-10(2-6-12)3-8-15-19-13-7-4-11(20(21)22)9-14(13)24-15/h1-9,16H/b8-3+. The van der Waals surface area contributed by atoms with Gasteiger partial charge in [-0.15, -0.1) is 11.3 Å². The lowest BCUT2D eigenvalue weighted by Crippen LogP contribution is -2.01. The molecule has 0 bridgehead atoms. The molecule has 0 aliphatic rings. The Hall–Kier alpha value is -2.87. The van der Waals surface area contributed by atoms with Crippen molar-refractivity contribution in [2.75, 3.05) is 0 Å². The molecule has 0 fully saturated rings. The zero-order valence-corrected chi connectivity index (χ0v) is 12.9. The number of benzene rings is 2. The molecule has 0 aliphatic carbocycles. The first-order chi connectivity index (χ1) is 11.5. The number of rotatable bonds is 5. The van der Waals surface area contributed by atoms with Gasteiger partial charge in [0.1, 0.15) is 10.8 Å². The largest absolute Gasteiger partial charge is 0.435 e. The number of hydrogen-bond acceptors (Lipinski definition) is 5. The van der Waals surface area contributed by atoms with E-state index in [4.69, 9.17) is 0 Å². The van der Waals surface area contributed by atoms with Crippen molar-refractivity contribution in [2.45, 2.75) is 6.61 Å². The van der Waals surface area contributed by atoms with Gasteiger partial charge in [0.25, 0.3) is 5.69 Å². The molecule has 0 aliphatic heterocycles. The Labute approximate surface area is 139 Å². The molecule has 122 valence electrons. The van der Waals surface area contributed by atoms with E-state index in [0.29, 0.717) is 10.5 Å². The number of fused-ring (bicyclic) bond motifs is 1. The maximum atomic E-state index is 12.1. The van der Waals surface area contributed by atoms with Crippen molar-refractivity contribution in [1.29, 1.82) is 0 Å². The van der Waals surface area contributed by atoms with Crippen LogP contribution in [0.4, 0.5) is 14.5 Å². The van der Waals surface area contributed by atoms with E-state index in [0.717, 1.165) is 10.3 Å². The van der Waals surface area contributed by atoms with Crippen molar-refractivity contribution in [3.8, 4) is 5.75 Å². The highest BCUT2D eigenvalue weighted by molar-refractivity contribution is 7.19. The molecule has 0 spiro atoms. The molecule has 1 aromatic heterocycles. The lowest BCUT2D eigenvalue weighted by atomic mass is 10.2. The molecule has 0 atom stereocenters. The lowest BCUT2D eigenvalue weighted by Gasteiger charge is -2.03. The summed E-state index contributed by atoms with van der Waals surface area (Å²) < 4.78 is 29.2. The molecule has 3 aromatic rings. The summed E-state index contributed by atoms with van der Waals surface area (Å²) >= 11 is 1.33. The van der Waals surface area contributed by atoms with E-state index in [1.54, 1.807) is 30.4 Å². The van der Waals surface area contributed by atoms with E-state index in [9.17, 15) is 18.9 Å². The Morgan fingerprint density at radius 1 is 1.17 bits per heavy atom. The quantitative estimate of drug-likeness (QED) is 0.482. The topological polar surface area (TPSA) is 65.3 Å². The summed E-state index contributed by atoms with van der Waals surface area (Å²) in [5, 5.41) is 11.5. The van der Waals surface area contributed by atoms with Gasteiger partial charge in [0.05, 0.1) is 15.1 Å². The van der Waals surface area contributed by atoms with Crippen LogP contribution in [-0.4, -0.2) is 16.5 Å². The highest BCUT2D eigenvalue weighted by Crippen LogP contribution is 2.27. The monoisotopic (exact) mass is 348 g/mol. The molecule has 8 heteroatoms. The average Bonchev–Trinajstić information content (AvgIpc) is 2.95. The van der Waals surface area contributed by atoms with Gasteiger partial charge in [0.15, 0.2) is 0 Å². The first-order valence-corrected chi connectivity index (χ1v) is 7.61. The van der Waals surface area contributed by atoms with E-state index >= 15 is 0 Å². The van der Waals surface area contributed by atoms with Crippen LogP contribution in [0.5, 0.6) is 5.75 Å². The van der Waals surface area contributed by atoms with Gasteiger partial charge >= 0.3 is 6.61 Å². The SMILES string of the molecule is O=[N+]([O-])c1ccc2nc(/C=C/c3ccc(OC(F)F)cc3)sc2c1. The lowest BCUT2D eigenvalue weighted by molar-refractivity contribution is -0.384. The molecule has 2 aromatic carbocycles. The van der Waals surface area contributed by atoms with Crippen LogP contribution in [0.3, 0.4) is 0 Å². The molecular weight excluding hydrogens is 338 g/mol. The van der Waals surface area contributed by atoms with Crippen LogP contribution in [0, 0.1) is 10.1 Å². The smallest absolute Gasteiger partial charge is 0.387 e. The Kier molecular flexibility index (Phi) is 4.48. The third-order valence-electron chi connectivity index (χ3n) is 3.12. The van der Waals surface area contributed by atoms with Crippen LogP contribution in [-0.2, 0) is 0 Å². The fourth-order valence-corrected chi connectivity index (χ4v) is 2.95. The molecule has 1 heterocycles. The first kappa shape index (κ1) is 16.0. The molecular formula is C16H10F2N2O3S. The van der Waals surface area contributed by atoms with Gasteiger partial charge in [-0.25, -0.2) is 4.98 Å². The minimum absolute atomic E-state index is 0.0244. The maximum absolute atomic E-state index is 12.1. The summed E-state index contributed by atoms with van der Waals surface area (Å²) in [5.41, 5.74) is 1.50. The Balaban J connectivity index is 1.78. The summed E-state index contributed by atoms with van der Waals surface area (Å²) in [4.78, 5) is 14.7. The number of alkyl halides is 2. The molecule has 0 N–H and O–H groups in total. The average molecular weight is 348 g/mol. The van der Waals surface area contributed by atoms with Crippen LogP contribution < -0.4 is 4.74 Å². The zero-order valence-electron chi connectivity index (χ0n) is 12.1. The molecule has 3 rings (SSSR count). The highest BCUT2D eigenvalue weighted by Gasteiger charge is 2.09. The summed E-state index contributed by atoms with van der Waals surface area (Å²) in [6.45, 7) is -2.85. The van der Waals surface area contributed by atoms with Crippen molar-refractivity contribution >= 4 is 39.4 Å². The van der Waals surface area contributed by atoms with E-state index in [-0.39, 0.29) is 11.4 Å². The number of halogens is 2. The number of nitrogens with zero attached hydrogens (tertiary/aromatic N) is 2. The van der Waals surface area contributed by atoms with Crippen molar-refractivity contribution < 1.29 is 18.4 Å². The molecule has 0 radical (unpaired) electrons. The van der Waals surface area contributed by atoms with E-state index < -0.39 is 11.5 Å². The Morgan fingerprint density at radius 2 is 1.92 bits per heavy atom. The number of nitro groups is 1. The molecule has 0 amide bonds. The van der Waals surface area contributed by atoms with E-state index in [1.807, 2.05) is 0 Å². The van der Waals surface area contributed by atoms with Crippen LogP contribution in [0.1, 0.15) is 10.6 Å². The second kappa shape index (κ2) is 6.71. The van der Waals surface area contributed by atoms with Gasteiger partial charge in [0.2, 0.25) is 0 Å². The van der Waals surface area contributed by atoms with E-state index in [1.165, 1.54) is 35.6 Å². The number of non-ortho nitro benzene ring substituents is 1. The second-order valence-electron chi connectivity index (χ2n) is 4.74. The van der Waals surface area contributed by atoms with Crippen LogP contribution in [0.25, 0.3) is 22.4 Å². The van der Waals surface area contributed by atoms with Crippen molar-refractivity contribution in [3.63, 3.8) is 0 Å². The Morgan fingerprint density at radius 3 is 2.58 bits per heavy atom. The van der Waals surface area contributed by atoms with Crippen molar-refractivity contribution in [1.82, 2.24) is 4.98 Å². The number of nitro benzene ring substituents is 1. The fraction of sp³-hybridized carbons (Fsp3) is 0.0625. The predicted molar refractivity (Wildman–Crippen MR) is 88.3 cm³/mol. The normalized spacial score (nSPS) is 11.5. The first-order valence-electron chi connectivity index (χ1n) is 6.79. The molecule has 0 unspecified atom stereocenters. The number of hydrogen-bond donors (Lipinski definition) is 0. The minimum Gasteiger partial charge on any atom is -0.435 e. The summed E-state index contributed by atoms with van der Waals surface area (Å²) in [5.74, 6) is 0.0921. The molecule has 24 heavy (non-hydrogen) atoms. The molecule has 0 saturated heterocycles. The van der Waals surface area contributed by atoms with Crippen LogP contribution >= 0.6 is 11.3 Å². The zero-order chi connectivity index (χ0) is 17.1. The minimum atomic E-state index is -2.85. The van der Waals surface area contributed by atoms with Gasteiger partial charge in [-0.05, 0) is 29.8 Å².